The maximum Gasteiger partial charge on any atom is 0.253 e. The Balaban J connectivity index is 1.53. The number of hydrogen-bond acceptors (Lipinski definition) is 5. The van der Waals surface area contributed by atoms with E-state index in [4.69, 9.17) is 9.47 Å². The molecule has 152 valence electrons. The van der Waals surface area contributed by atoms with E-state index in [2.05, 4.69) is 44.5 Å². The molecule has 0 unspecified atom stereocenters. The van der Waals surface area contributed by atoms with Crippen LogP contribution in [0.25, 0.3) is 10.9 Å². The Morgan fingerprint density at radius 3 is 3.04 bits per heavy atom. The van der Waals surface area contributed by atoms with E-state index >= 15 is 0 Å². The van der Waals surface area contributed by atoms with Crippen LogP contribution < -0.4 is 5.32 Å². The van der Waals surface area contributed by atoms with Crippen molar-refractivity contribution in [2.45, 2.75) is 44.5 Å². The first-order chi connectivity index (χ1) is 13.7. The molecule has 28 heavy (non-hydrogen) atoms. The van der Waals surface area contributed by atoms with Crippen molar-refractivity contribution in [1.29, 1.82) is 0 Å². The fourth-order valence-corrected chi connectivity index (χ4v) is 4.21. The van der Waals surface area contributed by atoms with Gasteiger partial charge in [0.15, 0.2) is 0 Å². The predicted molar refractivity (Wildman–Crippen MR) is 110 cm³/mol. The lowest BCUT2D eigenvalue weighted by molar-refractivity contribution is -0.146. The topological polar surface area (TPSA) is 68.6 Å². The molecule has 2 aromatic rings. The molecule has 1 atom stereocenters. The summed E-state index contributed by atoms with van der Waals surface area (Å²) in [6.45, 7) is 4.12. The molecule has 0 bridgehead atoms. The number of hydrogen-bond donors (Lipinski definition) is 1. The molecule has 1 aromatic carbocycles. The van der Waals surface area contributed by atoms with Crippen LogP contribution in [0.1, 0.15) is 24.8 Å². The number of nitrogens with zero attached hydrogens (tertiary/aromatic N) is 3. The van der Waals surface area contributed by atoms with Gasteiger partial charge in [-0.3, -0.25) is 9.48 Å². The Morgan fingerprint density at radius 1 is 1.46 bits per heavy atom. The van der Waals surface area contributed by atoms with Gasteiger partial charge in [0.2, 0.25) is 0 Å². The molecule has 4 rings (SSSR count). The summed E-state index contributed by atoms with van der Waals surface area (Å²) in [5.74, 6) is 0.101. The lowest BCUT2D eigenvalue weighted by atomic mass is 10.1. The average Bonchev–Trinajstić information content (AvgIpc) is 3.52. The number of nitrogens with one attached hydrogen (secondary N) is 1. The van der Waals surface area contributed by atoms with Crippen LogP contribution in [-0.4, -0.2) is 66.1 Å². The van der Waals surface area contributed by atoms with Crippen molar-refractivity contribution < 1.29 is 14.3 Å². The van der Waals surface area contributed by atoms with Crippen LogP contribution in [0.4, 0.5) is 0 Å². The molecule has 1 aliphatic heterocycles. The standard InChI is InChI=1S/C20H27BrN4O3/c1-27-9-2-8-25-17-11-14(3-6-16(17)19(21)23-25)13-24(15-4-5-15)20(26)18-12-22-7-10-28-18/h3,6,11,15,18,22H,2,4-5,7-10,12-13H2,1H3/t18-/m1/s1. The van der Waals surface area contributed by atoms with E-state index in [0.717, 1.165) is 53.4 Å². The van der Waals surface area contributed by atoms with Gasteiger partial charge in [-0.05, 0) is 52.9 Å². The van der Waals surface area contributed by atoms with Crippen LogP contribution in [0.5, 0.6) is 0 Å². The number of methoxy groups -OCH3 is 1. The predicted octanol–water partition coefficient (Wildman–Crippen LogP) is 2.31. The summed E-state index contributed by atoms with van der Waals surface area (Å²) in [6.07, 6.45) is 2.69. The van der Waals surface area contributed by atoms with Crippen molar-refractivity contribution in [2.24, 2.45) is 0 Å². The number of amides is 1. The van der Waals surface area contributed by atoms with Gasteiger partial charge in [-0.1, -0.05) is 6.07 Å². The monoisotopic (exact) mass is 450 g/mol. The maximum absolute atomic E-state index is 13.0. The largest absolute Gasteiger partial charge is 0.385 e. The first-order valence-corrected chi connectivity index (χ1v) is 10.7. The average molecular weight is 451 g/mol. The van der Waals surface area contributed by atoms with Crippen molar-refractivity contribution in [3.8, 4) is 0 Å². The van der Waals surface area contributed by atoms with E-state index in [-0.39, 0.29) is 12.0 Å². The van der Waals surface area contributed by atoms with Gasteiger partial charge in [-0.25, -0.2) is 0 Å². The van der Waals surface area contributed by atoms with E-state index in [9.17, 15) is 4.79 Å². The first kappa shape index (κ1) is 19.8. The Kier molecular flexibility index (Phi) is 6.30. The molecule has 1 aliphatic carbocycles. The number of aromatic nitrogens is 2. The molecule has 8 heteroatoms. The number of carbonyl (C=O) groups excluding carboxylic acids is 1. The highest BCUT2D eigenvalue weighted by Gasteiger charge is 2.36. The molecule has 2 fully saturated rings. The second-order valence-corrected chi connectivity index (χ2v) is 8.22. The second kappa shape index (κ2) is 8.90. The Labute approximate surface area is 173 Å². The second-order valence-electron chi connectivity index (χ2n) is 7.47. The number of ether oxygens (including phenoxy) is 2. The molecule has 1 saturated carbocycles. The molecule has 1 saturated heterocycles. The van der Waals surface area contributed by atoms with Gasteiger partial charge in [0.1, 0.15) is 10.7 Å². The number of carbonyl (C=O) groups is 1. The van der Waals surface area contributed by atoms with Gasteiger partial charge in [0.05, 0.1) is 12.1 Å². The van der Waals surface area contributed by atoms with E-state index in [0.29, 0.717) is 32.3 Å². The van der Waals surface area contributed by atoms with E-state index in [1.807, 2.05) is 9.58 Å². The van der Waals surface area contributed by atoms with Crippen molar-refractivity contribution in [3.05, 3.63) is 28.4 Å². The lowest BCUT2D eigenvalue weighted by Crippen LogP contribution is -2.49. The van der Waals surface area contributed by atoms with E-state index in [1.54, 1.807) is 7.11 Å². The maximum atomic E-state index is 13.0. The number of rotatable bonds is 8. The Hall–Kier alpha value is -1.48. The normalized spacial score (nSPS) is 19.9. The van der Waals surface area contributed by atoms with Crippen molar-refractivity contribution in [3.63, 3.8) is 0 Å². The van der Waals surface area contributed by atoms with Gasteiger partial charge < -0.3 is 19.7 Å². The summed E-state index contributed by atoms with van der Waals surface area (Å²) in [7, 11) is 1.71. The summed E-state index contributed by atoms with van der Waals surface area (Å²) >= 11 is 3.56. The van der Waals surface area contributed by atoms with E-state index < -0.39 is 0 Å². The highest BCUT2D eigenvalue weighted by molar-refractivity contribution is 9.10. The lowest BCUT2D eigenvalue weighted by Gasteiger charge is -2.30. The highest BCUT2D eigenvalue weighted by atomic mass is 79.9. The summed E-state index contributed by atoms with van der Waals surface area (Å²) in [5, 5.41) is 8.95. The number of fused-ring (bicyclic) bond motifs is 1. The molecule has 0 spiro atoms. The quantitative estimate of drug-likeness (QED) is 0.624. The molecule has 1 amide bonds. The third kappa shape index (κ3) is 4.40. The minimum absolute atomic E-state index is 0.101. The van der Waals surface area contributed by atoms with Crippen LogP contribution in [-0.2, 0) is 27.4 Å². The third-order valence-electron chi connectivity index (χ3n) is 5.32. The van der Waals surface area contributed by atoms with Gasteiger partial charge in [-0.2, -0.15) is 5.10 Å². The molecule has 1 N–H and O–H groups in total. The fraction of sp³-hybridized carbons (Fsp3) is 0.600. The molecule has 2 aliphatic rings. The van der Waals surface area contributed by atoms with Gasteiger partial charge >= 0.3 is 0 Å². The van der Waals surface area contributed by atoms with Crippen LogP contribution >= 0.6 is 15.9 Å². The molecular formula is C20H27BrN4O3. The molecule has 0 radical (unpaired) electrons. The van der Waals surface area contributed by atoms with Crippen LogP contribution in [0.2, 0.25) is 0 Å². The number of halogens is 1. The van der Waals surface area contributed by atoms with Gasteiger partial charge in [0.25, 0.3) is 5.91 Å². The van der Waals surface area contributed by atoms with Gasteiger partial charge in [-0.15, -0.1) is 0 Å². The van der Waals surface area contributed by atoms with Crippen molar-refractivity contribution in [2.75, 3.05) is 33.4 Å². The Bertz CT molecular complexity index is 830. The summed E-state index contributed by atoms with van der Waals surface area (Å²) in [4.78, 5) is 15.0. The molecule has 2 heterocycles. The van der Waals surface area contributed by atoms with E-state index in [1.165, 1.54) is 0 Å². The molecular weight excluding hydrogens is 424 g/mol. The fourth-order valence-electron chi connectivity index (χ4n) is 3.69. The minimum atomic E-state index is -0.369. The summed E-state index contributed by atoms with van der Waals surface area (Å²) < 4.78 is 13.7. The molecule has 1 aromatic heterocycles. The Morgan fingerprint density at radius 2 is 2.32 bits per heavy atom. The number of aryl methyl sites for hydroxylation is 1. The summed E-state index contributed by atoms with van der Waals surface area (Å²) in [5.41, 5.74) is 2.20. The van der Waals surface area contributed by atoms with Crippen molar-refractivity contribution >= 4 is 32.7 Å². The zero-order valence-corrected chi connectivity index (χ0v) is 17.8. The zero-order valence-electron chi connectivity index (χ0n) is 16.2. The smallest absolute Gasteiger partial charge is 0.253 e. The van der Waals surface area contributed by atoms with Gasteiger partial charge in [0, 0.05) is 51.3 Å². The number of morpholine rings is 1. The third-order valence-corrected chi connectivity index (χ3v) is 5.90. The molecule has 7 nitrogen and oxygen atoms in total. The van der Waals surface area contributed by atoms with Crippen LogP contribution in [0.3, 0.4) is 0 Å². The highest BCUT2D eigenvalue weighted by Crippen LogP contribution is 2.31. The van der Waals surface area contributed by atoms with Crippen LogP contribution in [0, 0.1) is 0 Å². The zero-order chi connectivity index (χ0) is 19.5. The number of benzene rings is 1. The minimum Gasteiger partial charge on any atom is -0.385 e. The summed E-state index contributed by atoms with van der Waals surface area (Å²) in [6, 6.07) is 6.68. The SMILES string of the molecule is COCCCn1nc(Br)c2ccc(CN(C(=O)[C@H]3CNCCO3)C3CC3)cc21. The van der Waals surface area contributed by atoms with Crippen LogP contribution in [0.15, 0.2) is 22.8 Å². The first-order valence-electron chi connectivity index (χ1n) is 9.94. The van der Waals surface area contributed by atoms with Crippen molar-refractivity contribution in [1.82, 2.24) is 20.0 Å².